The summed E-state index contributed by atoms with van der Waals surface area (Å²) < 4.78 is 17.4. The maximum atomic E-state index is 13.9. The van der Waals surface area contributed by atoms with Crippen LogP contribution in [-0.2, 0) is 6.42 Å². The van der Waals surface area contributed by atoms with Crippen LogP contribution in [0.3, 0.4) is 0 Å². The molecule has 3 aromatic carbocycles. The maximum absolute atomic E-state index is 13.9. The Hall–Kier alpha value is -4.06. The zero-order chi connectivity index (χ0) is 26.8. The minimum Gasteiger partial charge on any atom is -0.497 e. The number of carbonyl (C=O) groups is 1. The maximum Gasteiger partial charge on any atom is 0.290 e. The minimum absolute atomic E-state index is 0.128. The molecule has 0 spiro atoms. The zero-order valence-electron chi connectivity index (χ0n) is 22.4. The first-order valence-corrected chi connectivity index (χ1v) is 13.2. The summed E-state index contributed by atoms with van der Waals surface area (Å²) in [6.45, 7) is 7.11. The Labute approximate surface area is 222 Å². The normalized spacial score (nSPS) is 14.7. The van der Waals surface area contributed by atoms with Gasteiger partial charge in [0, 0.05) is 6.54 Å². The second-order valence-corrected chi connectivity index (χ2v) is 9.88. The molecule has 0 saturated heterocycles. The van der Waals surface area contributed by atoms with Crippen LogP contribution >= 0.6 is 0 Å². The third-order valence-corrected chi connectivity index (χ3v) is 7.32. The Morgan fingerprint density at radius 3 is 2.45 bits per heavy atom. The van der Waals surface area contributed by atoms with Crippen LogP contribution in [0.25, 0.3) is 11.0 Å². The van der Waals surface area contributed by atoms with E-state index in [2.05, 4.69) is 6.92 Å². The van der Waals surface area contributed by atoms with Crippen molar-refractivity contribution in [3.63, 3.8) is 0 Å². The lowest BCUT2D eigenvalue weighted by Gasteiger charge is -2.25. The van der Waals surface area contributed by atoms with Crippen molar-refractivity contribution in [2.45, 2.75) is 46.1 Å². The molecule has 0 fully saturated rings. The van der Waals surface area contributed by atoms with E-state index in [0.717, 1.165) is 46.6 Å². The highest BCUT2D eigenvalue weighted by Gasteiger charge is 2.42. The van der Waals surface area contributed by atoms with Crippen molar-refractivity contribution in [3.8, 4) is 11.5 Å². The van der Waals surface area contributed by atoms with E-state index in [4.69, 9.17) is 13.9 Å². The second kappa shape index (κ2) is 10.7. The van der Waals surface area contributed by atoms with Crippen LogP contribution in [0.15, 0.2) is 69.9 Å². The Bertz CT molecular complexity index is 1540. The molecule has 0 N–H and O–H groups in total. The number of carbonyl (C=O) groups excluding carboxylic acids is 1. The van der Waals surface area contributed by atoms with Crippen LogP contribution < -0.4 is 14.9 Å². The van der Waals surface area contributed by atoms with E-state index in [0.29, 0.717) is 36.1 Å². The molecule has 5 rings (SSSR count). The number of ether oxygens (including phenoxy) is 2. The number of hydrogen-bond donors (Lipinski definition) is 0. The van der Waals surface area contributed by atoms with Crippen LogP contribution in [0.2, 0.25) is 0 Å². The molecule has 0 bridgehead atoms. The molecule has 6 nitrogen and oxygen atoms in total. The zero-order valence-corrected chi connectivity index (χ0v) is 22.4. The first kappa shape index (κ1) is 25.6. The van der Waals surface area contributed by atoms with Crippen molar-refractivity contribution in [2.75, 3.05) is 20.3 Å². The number of aryl methyl sites for hydroxylation is 2. The predicted octanol–water partition coefficient (Wildman–Crippen LogP) is 6.39. The number of methoxy groups -OCH3 is 1. The highest BCUT2D eigenvalue weighted by Crippen LogP contribution is 2.39. The lowest BCUT2D eigenvalue weighted by molar-refractivity contribution is 0.0729. The van der Waals surface area contributed by atoms with Gasteiger partial charge in [-0.3, -0.25) is 9.59 Å². The molecule has 0 saturated carbocycles. The number of benzene rings is 3. The molecule has 6 heteroatoms. The van der Waals surface area contributed by atoms with Crippen molar-refractivity contribution in [1.82, 2.24) is 4.90 Å². The summed E-state index contributed by atoms with van der Waals surface area (Å²) in [4.78, 5) is 29.5. The number of amides is 1. The van der Waals surface area contributed by atoms with E-state index in [1.807, 2.05) is 74.5 Å². The SMILES string of the molecule is CCCCOc1cccc(C2c3c(oc4cc(C)c(C)cc4c3=O)C(=O)N2CCc2ccc(OC)cc2)c1. The van der Waals surface area contributed by atoms with Crippen LogP contribution in [0.4, 0.5) is 0 Å². The summed E-state index contributed by atoms with van der Waals surface area (Å²) in [5, 5.41) is 0.497. The quantitative estimate of drug-likeness (QED) is 0.244. The lowest BCUT2D eigenvalue weighted by Crippen LogP contribution is -2.31. The third kappa shape index (κ3) is 4.78. The van der Waals surface area contributed by atoms with Gasteiger partial charge in [0.2, 0.25) is 5.76 Å². The largest absolute Gasteiger partial charge is 0.497 e. The number of hydrogen-bond acceptors (Lipinski definition) is 5. The molecule has 0 radical (unpaired) electrons. The van der Waals surface area contributed by atoms with E-state index < -0.39 is 6.04 Å². The van der Waals surface area contributed by atoms with Crippen LogP contribution in [0.1, 0.15) is 64.2 Å². The van der Waals surface area contributed by atoms with Gasteiger partial charge in [-0.15, -0.1) is 0 Å². The van der Waals surface area contributed by atoms with Crippen molar-refractivity contribution in [1.29, 1.82) is 0 Å². The molecular weight excluding hydrogens is 478 g/mol. The fraction of sp³-hybridized carbons (Fsp3) is 0.312. The molecule has 1 aromatic heterocycles. The van der Waals surface area contributed by atoms with Gasteiger partial charge in [-0.2, -0.15) is 0 Å². The molecule has 1 unspecified atom stereocenters. The van der Waals surface area contributed by atoms with Crippen molar-refractivity contribution >= 4 is 16.9 Å². The van der Waals surface area contributed by atoms with Gasteiger partial charge in [-0.05, 0) is 85.3 Å². The van der Waals surface area contributed by atoms with E-state index in [9.17, 15) is 9.59 Å². The van der Waals surface area contributed by atoms with E-state index in [-0.39, 0.29) is 17.1 Å². The van der Waals surface area contributed by atoms with Gasteiger partial charge in [-0.1, -0.05) is 37.6 Å². The molecule has 4 aromatic rings. The lowest BCUT2D eigenvalue weighted by atomic mass is 9.97. The Balaban J connectivity index is 1.58. The van der Waals surface area contributed by atoms with Gasteiger partial charge < -0.3 is 18.8 Å². The fourth-order valence-electron chi connectivity index (χ4n) is 5.00. The van der Waals surface area contributed by atoms with Gasteiger partial charge in [-0.25, -0.2) is 0 Å². The minimum atomic E-state index is -0.562. The van der Waals surface area contributed by atoms with E-state index in [1.54, 1.807) is 12.0 Å². The molecule has 1 atom stereocenters. The Morgan fingerprint density at radius 2 is 1.71 bits per heavy atom. The summed E-state index contributed by atoms with van der Waals surface area (Å²) in [5.41, 5.74) is 4.59. The second-order valence-electron chi connectivity index (χ2n) is 9.88. The number of fused-ring (bicyclic) bond motifs is 2. The molecule has 38 heavy (non-hydrogen) atoms. The molecule has 1 aliphatic heterocycles. The van der Waals surface area contributed by atoms with Crippen LogP contribution in [0, 0.1) is 13.8 Å². The average Bonchev–Trinajstić information content (AvgIpc) is 3.21. The van der Waals surface area contributed by atoms with Crippen LogP contribution in [-0.4, -0.2) is 31.1 Å². The highest BCUT2D eigenvalue weighted by molar-refractivity contribution is 5.99. The molecular formula is C32H33NO5. The highest BCUT2D eigenvalue weighted by atomic mass is 16.5. The summed E-state index contributed by atoms with van der Waals surface area (Å²) in [5.74, 6) is 1.36. The van der Waals surface area contributed by atoms with Gasteiger partial charge in [0.25, 0.3) is 5.91 Å². The Morgan fingerprint density at radius 1 is 0.947 bits per heavy atom. The summed E-state index contributed by atoms with van der Waals surface area (Å²) in [6, 6.07) is 18.7. The van der Waals surface area contributed by atoms with Gasteiger partial charge in [0.15, 0.2) is 5.43 Å². The first-order chi connectivity index (χ1) is 18.4. The first-order valence-electron chi connectivity index (χ1n) is 13.2. The average molecular weight is 512 g/mol. The van der Waals surface area contributed by atoms with Gasteiger partial charge in [0.05, 0.1) is 30.7 Å². The van der Waals surface area contributed by atoms with Crippen molar-refractivity contribution in [2.24, 2.45) is 0 Å². The van der Waals surface area contributed by atoms with Gasteiger partial charge >= 0.3 is 0 Å². The molecule has 1 amide bonds. The van der Waals surface area contributed by atoms with E-state index >= 15 is 0 Å². The predicted molar refractivity (Wildman–Crippen MR) is 148 cm³/mol. The summed E-state index contributed by atoms with van der Waals surface area (Å²) in [6.07, 6.45) is 2.62. The number of rotatable bonds is 9. The summed E-state index contributed by atoms with van der Waals surface area (Å²) in [7, 11) is 1.64. The molecule has 196 valence electrons. The summed E-state index contributed by atoms with van der Waals surface area (Å²) >= 11 is 0. The van der Waals surface area contributed by atoms with Crippen molar-refractivity contribution < 1.29 is 18.7 Å². The third-order valence-electron chi connectivity index (χ3n) is 7.32. The van der Waals surface area contributed by atoms with Gasteiger partial charge in [0.1, 0.15) is 17.1 Å². The van der Waals surface area contributed by atoms with E-state index in [1.165, 1.54) is 0 Å². The molecule has 1 aliphatic rings. The number of unbranched alkanes of at least 4 members (excludes halogenated alkanes) is 1. The molecule has 2 heterocycles. The Kier molecular flexibility index (Phi) is 7.23. The van der Waals surface area contributed by atoms with Crippen LogP contribution in [0.5, 0.6) is 11.5 Å². The number of nitrogens with zero attached hydrogens (tertiary/aromatic N) is 1. The standard InChI is InChI=1S/C32H33NO5/c1-5-6-16-37-25-9-7-8-23(19-25)29-28-30(34)26-17-20(2)21(3)18-27(26)38-31(28)32(35)33(29)15-14-22-10-12-24(36-4)13-11-22/h7-13,17-19,29H,5-6,14-16H2,1-4H3. The molecule has 0 aliphatic carbocycles. The van der Waals surface area contributed by atoms with Crippen molar-refractivity contribution in [3.05, 3.63) is 104 Å². The monoisotopic (exact) mass is 511 g/mol. The smallest absolute Gasteiger partial charge is 0.290 e. The topological polar surface area (TPSA) is 69.0 Å². The fourth-order valence-corrected chi connectivity index (χ4v) is 5.00.